The molecule has 124 valence electrons. The average molecular weight is 332 g/mol. The van der Waals surface area contributed by atoms with Gasteiger partial charge >= 0.3 is 0 Å². The number of thiophene rings is 1. The van der Waals surface area contributed by atoms with E-state index < -0.39 is 0 Å². The highest BCUT2D eigenvalue weighted by Gasteiger charge is 2.36. The van der Waals surface area contributed by atoms with Crippen molar-refractivity contribution in [1.82, 2.24) is 9.80 Å². The maximum atomic E-state index is 12.8. The second-order valence-electron chi connectivity index (χ2n) is 6.46. The van der Waals surface area contributed by atoms with Gasteiger partial charge in [-0.05, 0) is 37.1 Å². The van der Waals surface area contributed by atoms with Crippen LogP contribution >= 0.6 is 11.3 Å². The lowest BCUT2D eigenvalue weighted by molar-refractivity contribution is -0.141. The molecule has 2 heterocycles. The Morgan fingerprint density at radius 3 is 2.57 bits per heavy atom. The summed E-state index contributed by atoms with van der Waals surface area (Å²) in [5.41, 5.74) is 0. The zero-order chi connectivity index (χ0) is 16.2. The second kappa shape index (κ2) is 7.30. The predicted octanol–water partition coefficient (Wildman–Crippen LogP) is 2.91. The topological polar surface area (TPSA) is 40.6 Å². The molecule has 0 unspecified atom stereocenters. The summed E-state index contributed by atoms with van der Waals surface area (Å²) >= 11 is 1.67. The SMILES string of the molecule is C=CCN(Cc1cccs1)C(=O)C1CCN(C(=O)C2CC2)CC1. The molecule has 0 aromatic carbocycles. The number of carbonyl (C=O) groups excluding carboxylic acids is 2. The summed E-state index contributed by atoms with van der Waals surface area (Å²) in [7, 11) is 0. The lowest BCUT2D eigenvalue weighted by atomic mass is 9.95. The van der Waals surface area contributed by atoms with Crippen molar-refractivity contribution < 1.29 is 9.59 Å². The molecule has 0 spiro atoms. The molecule has 1 aromatic rings. The van der Waals surface area contributed by atoms with Gasteiger partial charge in [-0.3, -0.25) is 9.59 Å². The lowest BCUT2D eigenvalue weighted by Crippen LogP contribution is -2.44. The molecule has 0 N–H and O–H groups in total. The third-order valence-corrected chi connectivity index (χ3v) is 5.53. The minimum absolute atomic E-state index is 0.0400. The van der Waals surface area contributed by atoms with Crippen molar-refractivity contribution in [3.63, 3.8) is 0 Å². The molecule has 5 heteroatoms. The number of piperidine rings is 1. The van der Waals surface area contributed by atoms with Crippen molar-refractivity contribution in [2.45, 2.75) is 32.2 Å². The molecule has 0 bridgehead atoms. The number of carbonyl (C=O) groups is 2. The van der Waals surface area contributed by atoms with E-state index in [0.717, 1.165) is 38.8 Å². The van der Waals surface area contributed by atoms with Crippen molar-refractivity contribution in [3.8, 4) is 0 Å². The Kier molecular flexibility index (Phi) is 5.16. The van der Waals surface area contributed by atoms with Crippen LogP contribution in [0.3, 0.4) is 0 Å². The second-order valence-corrected chi connectivity index (χ2v) is 7.49. The Hall–Kier alpha value is -1.62. The van der Waals surface area contributed by atoms with Crippen molar-refractivity contribution in [3.05, 3.63) is 35.0 Å². The molecule has 2 aliphatic rings. The molecular formula is C18H24N2O2S. The molecule has 0 radical (unpaired) electrons. The molecule has 1 aromatic heterocycles. The largest absolute Gasteiger partial charge is 0.342 e. The van der Waals surface area contributed by atoms with Crippen molar-refractivity contribution in [2.75, 3.05) is 19.6 Å². The maximum Gasteiger partial charge on any atom is 0.226 e. The fourth-order valence-corrected chi connectivity index (χ4v) is 3.89. The highest BCUT2D eigenvalue weighted by atomic mass is 32.1. The summed E-state index contributed by atoms with van der Waals surface area (Å²) in [6.07, 6.45) is 5.46. The fraction of sp³-hybridized carbons (Fsp3) is 0.556. The summed E-state index contributed by atoms with van der Waals surface area (Å²) in [5.74, 6) is 0.825. The van der Waals surface area contributed by atoms with E-state index in [4.69, 9.17) is 0 Å². The minimum atomic E-state index is 0.0400. The molecule has 2 fully saturated rings. The number of rotatable bonds is 6. The maximum absolute atomic E-state index is 12.8. The van der Waals surface area contributed by atoms with Gasteiger partial charge in [-0.1, -0.05) is 12.1 Å². The van der Waals surface area contributed by atoms with Gasteiger partial charge in [-0.15, -0.1) is 17.9 Å². The first kappa shape index (κ1) is 16.2. The van der Waals surface area contributed by atoms with Gasteiger partial charge in [0.15, 0.2) is 0 Å². The summed E-state index contributed by atoms with van der Waals surface area (Å²) < 4.78 is 0. The zero-order valence-corrected chi connectivity index (χ0v) is 14.3. The first-order valence-corrected chi connectivity index (χ1v) is 9.28. The first-order chi connectivity index (χ1) is 11.2. The summed E-state index contributed by atoms with van der Waals surface area (Å²) in [6, 6.07) is 4.07. The van der Waals surface area contributed by atoms with E-state index in [9.17, 15) is 9.59 Å². The third-order valence-electron chi connectivity index (χ3n) is 4.67. The Morgan fingerprint density at radius 2 is 2.00 bits per heavy atom. The van der Waals surface area contributed by atoms with E-state index in [-0.39, 0.29) is 17.7 Å². The van der Waals surface area contributed by atoms with Gasteiger partial charge in [0.2, 0.25) is 11.8 Å². The summed E-state index contributed by atoms with van der Waals surface area (Å²) in [6.45, 7) is 6.47. The molecule has 23 heavy (non-hydrogen) atoms. The van der Waals surface area contributed by atoms with Crippen LogP contribution in [0, 0.1) is 11.8 Å². The van der Waals surface area contributed by atoms with Gasteiger partial charge in [0.1, 0.15) is 0 Å². The van der Waals surface area contributed by atoms with E-state index in [1.807, 2.05) is 21.2 Å². The molecular weight excluding hydrogens is 308 g/mol. The van der Waals surface area contributed by atoms with Gasteiger partial charge in [-0.2, -0.15) is 0 Å². The van der Waals surface area contributed by atoms with Crippen LogP contribution in [0.2, 0.25) is 0 Å². The van der Waals surface area contributed by atoms with Crippen LogP contribution in [0.5, 0.6) is 0 Å². The Balaban J connectivity index is 1.55. The molecule has 1 saturated heterocycles. The molecule has 3 rings (SSSR count). The molecule has 4 nitrogen and oxygen atoms in total. The predicted molar refractivity (Wildman–Crippen MR) is 92.0 cm³/mol. The van der Waals surface area contributed by atoms with Crippen LogP contribution in [0.1, 0.15) is 30.6 Å². The molecule has 2 amide bonds. The molecule has 1 aliphatic carbocycles. The van der Waals surface area contributed by atoms with E-state index in [0.29, 0.717) is 19.0 Å². The zero-order valence-electron chi connectivity index (χ0n) is 13.4. The standard InChI is InChI=1S/C18H24N2O2S/c1-2-9-20(13-16-4-3-12-23-16)18(22)15-7-10-19(11-8-15)17(21)14-5-6-14/h2-4,12,14-15H,1,5-11,13H2. The number of hydrogen-bond donors (Lipinski definition) is 0. The van der Waals surface area contributed by atoms with E-state index >= 15 is 0 Å². The summed E-state index contributed by atoms with van der Waals surface area (Å²) in [5, 5.41) is 2.04. The van der Waals surface area contributed by atoms with Gasteiger partial charge in [0.25, 0.3) is 0 Å². The highest BCUT2D eigenvalue weighted by Crippen LogP contribution is 2.32. The van der Waals surface area contributed by atoms with Crippen molar-refractivity contribution >= 4 is 23.2 Å². The number of likely N-dealkylation sites (tertiary alicyclic amines) is 1. The van der Waals surface area contributed by atoms with Gasteiger partial charge in [-0.25, -0.2) is 0 Å². The normalized spacial score (nSPS) is 18.7. The average Bonchev–Trinajstić information content (AvgIpc) is 3.31. The van der Waals surface area contributed by atoms with Crippen LogP contribution in [-0.2, 0) is 16.1 Å². The molecule has 0 atom stereocenters. The Bertz CT molecular complexity index is 558. The molecule has 1 saturated carbocycles. The van der Waals surface area contributed by atoms with E-state index in [2.05, 4.69) is 12.6 Å². The molecule has 1 aliphatic heterocycles. The minimum Gasteiger partial charge on any atom is -0.342 e. The van der Waals surface area contributed by atoms with Crippen molar-refractivity contribution in [2.24, 2.45) is 11.8 Å². The smallest absolute Gasteiger partial charge is 0.226 e. The van der Waals surface area contributed by atoms with Crippen LogP contribution in [0.25, 0.3) is 0 Å². The van der Waals surface area contributed by atoms with Crippen LogP contribution in [0.4, 0.5) is 0 Å². The van der Waals surface area contributed by atoms with Gasteiger partial charge in [0, 0.05) is 36.3 Å². The van der Waals surface area contributed by atoms with E-state index in [1.54, 1.807) is 17.4 Å². The fourth-order valence-electron chi connectivity index (χ4n) is 3.17. The van der Waals surface area contributed by atoms with Crippen molar-refractivity contribution in [1.29, 1.82) is 0 Å². The number of nitrogens with zero attached hydrogens (tertiary/aromatic N) is 2. The number of hydrogen-bond acceptors (Lipinski definition) is 3. The van der Waals surface area contributed by atoms with Gasteiger partial charge in [0.05, 0.1) is 6.54 Å². The monoisotopic (exact) mass is 332 g/mol. The van der Waals surface area contributed by atoms with Gasteiger partial charge < -0.3 is 9.80 Å². The third kappa shape index (κ3) is 4.02. The first-order valence-electron chi connectivity index (χ1n) is 8.40. The van der Waals surface area contributed by atoms with Crippen LogP contribution < -0.4 is 0 Å². The lowest BCUT2D eigenvalue weighted by Gasteiger charge is -2.34. The highest BCUT2D eigenvalue weighted by molar-refractivity contribution is 7.09. The Morgan fingerprint density at radius 1 is 1.26 bits per heavy atom. The Labute approximate surface area is 141 Å². The number of amides is 2. The van der Waals surface area contributed by atoms with E-state index in [1.165, 1.54) is 4.88 Å². The quantitative estimate of drug-likeness (QED) is 0.752. The summed E-state index contributed by atoms with van der Waals surface area (Å²) in [4.78, 5) is 30.0. The van der Waals surface area contributed by atoms with Crippen LogP contribution in [-0.4, -0.2) is 41.2 Å². The van der Waals surface area contributed by atoms with Crippen LogP contribution in [0.15, 0.2) is 30.2 Å².